The fourth-order valence-corrected chi connectivity index (χ4v) is 3.22. The van der Waals surface area contributed by atoms with Gasteiger partial charge in [-0.2, -0.15) is 0 Å². The van der Waals surface area contributed by atoms with Crippen molar-refractivity contribution in [2.24, 2.45) is 5.73 Å². The molecule has 0 saturated carbocycles. The first-order valence-electron chi connectivity index (χ1n) is 6.85. The van der Waals surface area contributed by atoms with E-state index in [1.807, 2.05) is 13.8 Å². The summed E-state index contributed by atoms with van der Waals surface area (Å²) in [7, 11) is 0. The van der Waals surface area contributed by atoms with Crippen molar-refractivity contribution in [1.82, 2.24) is 9.97 Å². The highest BCUT2D eigenvalue weighted by Crippen LogP contribution is 2.36. The minimum absolute atomic E-state index is 0.0144. The number of thioether (sulfide) groups is 1. The largest absolute Gasteiger partial charge is 0.383 e. The fourth-order valence-electron chi connectivity index (χ4n) is 2.00. The van der Waals surface area contributed by atoms with E-state index in [9.17, 15) is 4.79 Å². The number of hydrogen-bond acceptors (Lipinski definition) is 5. The van der Waals surface area contributed by atoms with Crippen LogP contribution in [0.2, 0.25) is 0 Å². The number of anilines is 1. The zero-order valence-corrected chi connectivity index (χ0v) is 13.0. The van der Waals surface area contributed by atoms with Crippen LogP contribution in [0.15, 0.2) is 40.3 Å². The van der Waals surface area contributed by atoms with Gasteiger partial charge in [-0.15, -0.1) is 0 Å². The molecule has 1 aromatic carbocycles. The molecule has 5 nitrogen and oxygen atoms in total. The smallest absolute Gasteiger partial charge is 0.253 e. The molecule has 0 radical (unpaired) electrons. The Kier molecular flexibility index (Phi) is 5.03. The monoisotopic (exact) mass is 304 g/mol. The summed E-state index contributed by atoms with van der Waals surface area (Å²) in [5.41, 5.74) is 13.9. The lowest BCUT2D eigenvalue weighted by molar-refractivity contribution is 0.632. The Morgan fingerprint density at radius 3 is 2.57 bits per heavy atom. The summed E-state index contributed by atoms with van der Waals surface area (Å²) < 4.78 is 0. The van der Waals surface area contributed by atoms with E-state index >= 15 is 0 Å². The van der Waals surface area contributed by atoms with Gasteiger partial charge < -0.3 is 16.5 Å². The minimum atomic E-state index is -0.252. The van der Waals surface area contributed by atoms with Gasteiger partial charge in [0.05, 0.1) is 5.25 Å². The van der Waals surface area contributed by atoms with Crippen LogP contribution in [-0.4, -0.2) is 16.0 Å². The Morgan fingerprint density at radius 2 is 2.00 bits per heavy atom. The SMILES string of the molecule is CCC(N)C(Sc1nc(N)cc(=O)[nH]1)c1ccc(C)cc1. The molecule has 2 atom stereocenters. The molecule has 1 heterocycles. The summed E-state index contributed by atoms with van der Waals surface area (Å²) in [4.78, 5) is 18.4. The Hall–Kier alpha value is -1.79. The van der Waals surface area contributed by atoms with Crippen LogP contribution in [0, 0.1) is 6.92 Å². The topological polar surface area (TPSA) is 97.8 Å². The van der Waals surface area contributed by atoms with Crippen LogP contribution in [0.1, 0.15) is 29.7 Å². The number of hydrogen-bond donors (Lipinski definition) is 3. The van der Waals surface area contributed by atoms with Crippen molar-refractivity contribution in [2.45, 2.75) is 36.7 Å². The average Bonchev–Trinajstić information content (AvgIpc) is 2.44. The maximum Gasteiger partial charge on any atom is 0.253 e. The van der Waals surface area contributed by atoms with Crippen molar-refractivity contribution in [1.29, 1.82) is 0 Å². The number of nitrogens with zero attached hydrogens (tertiary/aromatic N) is 1. The summed E-state index contributed by atoms with van der Waals surface area (Å²) in [5, 5.41) is 0.509. The van der Waals surface area contributed by atoms with Gasteiger partial charge in [-0.05, 0) is 18.9 Å². The van der Waals surface area contributed by atoms with Gasteiger partial charge in [-0.1, -0.05) is 48.5 Å². The lowest BCUT2D eigenvalue weighted by Crippen LogP contribution is -2.26. The maximum atomic E-state index is 11.5. The average molecular weight is 304 g/mol. The van der Waals surface area contributed by atoms with Crippen molar-refractivity contribution in [3.63, 3.8) is 0 Å². The van der Waals surface area contributed by atoms with Crippen molar-refractivity contribution in [3.05, 3.63) is 51.8 Å². The summed E-state index contributed by atoms with van der Waals surface area (Å²) in [6, 6.07) is 9.47. The molecule has 0 saturated heterocycles. The van der Waals surface area contributed by atoms with Crippen molar-refractivity contribution in [3.8, 4) is 0 Å². The first-order valence-corrected chi connectivity index (χ1v) is 7.73. The number of aryl methyl sites for hydroxylation is 1. The quantitative estimate of drug-likeness (QED) is 0.581. The number of nitrogen functional groups attached to an aromatic ring is 1. The lowest BCUT2D eigenvalue weighted by atomic mass is 10.0. The van der Waals surface area contributed by atoms with Crippen LogP contribution in [-0.2, 0) is 0 Å². The highest BCUT2D eigenvalue weighted by Gasteiger charge is 2.21. The molecular formula is C15H20N4OS. The molecule has 0 aliphatic heterocycles. The molecule has 5 N–H and O–H groups in total. The van der Waals surface area contributed by atoms with E-state index in [-0.39, 0.29) is 22.7 Å². The van der Waals surface area contributed by atoms with E-state index in [1.54, 1.807) is 0 Å². The van der Waals surface area contributed by atoms with Gasteiger partial charge in [0.15, 0.2) is 5.16 Å². The molecule has 6 heteroatoms. The Morgan fingerprint density at radius 1 is 1.33 bits per heavy atom. The van der Waals surface area contributed by atoms with Crippen molar-refractivity contribution < 1.29 is 0 Å². The summed E-state index contributed by atoms with van der Waals surface area (Å²) >= 11 is 1.44. The molecule has 0 aliphatic rings. The normalized spacial score (nSPS) is 13.9. The van der Waals surface area contributed by atoms with Gasteiger partial charge in [0.25, 0.3) is 5.56 Å². The summed E-state index contributed by atoms with van der Waals surface area (Å²) in [6.07, 6.45) is 0.831. The van der Waals surface area contributed by atoms with Crippen LogP contribution in [0.3, 0.4) is 0 Å². The van der Waals surface area contributed by atoms with Gasteiger partial charge in [-0.3, -0.25) is 4.79 Å². The molecule has 2 unspecified atom stereocenters. The predicted molar refractivity (Wildman–Crippen MR) is 87.3 cm³/mol. The molecule has 2 aromatic rings. The third-order valence-corrected chi connectivity index (χ3v) is 4.54. The first kappa shape index (κ1) is 15.6. The third-order valence-electron chi connectivity index (χ3n) is 3.24. The van der Waals surface area contributed by atoms with Crippen molar-refractivity contribution >= 4 is 17.6 Å². The second kappa shape index (κ2) is 6.78. The van der Waals surface area contributed by atoms with E-state index in [0.29, 0.717) is 5.16 Å². The third kappa shape index (κ3) is 4.09. The van der Waals surface area contributed by atoms with Gasteiger partial charge in [0.2, 0.25) is 0 Å². The summed E-state index contributed by atoms with van der Waals surface area (Å²) in [6.45, 7) is 4.09. The molecule has 0 aliphatic carbocycles. The minimum Gasteiger partial charge on any atom is -0.383 e. The van der Waals surface area contributed by atoms with Gasteiger partial charge in [0.1, 0.15) is 5.82 Å². The first-order chi connectivity index (χ1) is 9.99. The van der Waals surface area contributed by atoms with E-state index < -0.39 is 0 Å². The van der Waals surface area contributed by atoms with Crippen LogP contribution < -0.4 is 17.0 Å². The molecule has 2 rings (SSSR count). The predicted octanol–water partition coefficient (Wildman–Crippen LogP) is 2.23. The molecule has 21 heavy (non-hydrogen) atoms. The molecule has 1 aromatic heterocycles. The molecule has 0 spiro atoms. The van der Waals surface area contributed by atoms with E-state index in [4.69, 9.17) is 11.5 Å². The van der Waals surface area contributed by atoms with Gasteiger partial charge in [0, 0.05) is 12.1 Å². The zero-order chi connectivity index (χ0) is 15.4. The van der Waals surface area contributed by atoms with Crippen LogP contribution in [0.4, 0.5) is 5.82 Å². The van der Waals surface area contributed by atoms with Crippen LogP contribution in [0.5, 0.6) is 0 Å². The summed E-state index contributed by atoms with van der Waals surface area (Å²) in [5.74, 6) is 0.217. The van der Waals surface area contributed by atoms with E-state index in [0.717, 1.165) is 12.0 Å². The highest BCUT2D eigenvalue weighted by molar-refractivity contribution is 7.99. The molecule has 0 bridgehead atoms. The standard InChI is InChI=1S/C15H20N4OS/c1-3-11(16)14(10-6-4-9(2)5-7-10)21-15-18-12(17)8-13(20)19-15/h4-8,11,14H,3,16H2,1-2H3,(H3,17,18,19,20). The van der Waals surface area contributed by atoms with Crippen LogP contribution in [0.25, 0.3) is 0 Å². The fraction of sp³-hybridized carbons (Fsp3) is 0.333. The number of rotatable bonds is 5. The molecular weight excluding hydrogens is 284 g/mol. The molecule has 112 valence electrons. The van der Waals surface area contributed by atoms with E-state index in [2.05, 4.69) is 34.2 Å². The Balaban J connectivity index is 2.32. The molecule has 0 amide bonds. The maximum absolute atomic E-state index is 11.5. The number of nitrogens with two attached hydrogens (primary N) is 2. The highest BCUT2D eigenvalue weighted by atomic mass is 32.2. The second-order valence-corrected chi connectivity index (χ2v) is 6.13. The van der Waals surface area contributed by atoms with Crippen molar-refractivity contribution in [2.75, 3.05) is 5.73 Å². The molecule has 0 fully saturated rings. The Bertz CT molecular complexity index is 653. The zero-order valence-electron chi connectivity index (χ0n) is 12.2. The number of benzene rings is 1. The van der Waals surface area contributed by atoms with Crippen LogP contribution >= 0.6 is 11.8 Å². The number of H-pyrrole nitrogens is 1. The second-order valence-electron chi connectivity index (χ2n) is 5.00. The van der Waals surface area contributed by atoms with Gasteiger partial charge in [-0.25, -0.2) is 4.98 Å². The number of aromatic nitrogens is 2. The van der Waals surface area contributed by atoms with Gasteiger partial charge >= 0.3 is 0 Å². The lowest BCUT2D eigenvalue weighted by Gasteiger charge is -2.22. The van der Waals surface area contributed by atoms with E-state index in [1.165, 1.54) is 23.4 Å². The number of nitrogens with one attached hydrogen (secondary N) is 1. The Labute approximate surface area is 128 Å². The number of aromatic amines is 1.